The van der Waals surface area contributed by atoms with E-state index in [0.717, 1.165) is 7.17 Å². The molecule has 2 nitrogen and oxygen atoms in total. The van der Waals surface area contributed by atoms with Crippen molar-refractivity contribution >= 4 is 24.4 Å². The van der Waals surface area contributed by atoms with Gasteiger partial charge in [-0.15, -0.1) is 5.47 Å². The van der Waals surface area contributed by atoms with Crippen LogP contribution in [0.15, 0.2) is 22.2 Å². The van der Waals surface area contributed by atoms with Gasteiger partial charge in [-0.25, -0.2) is 0 Å². The fourth-order valence-electron chi connectivity index (χ4n) is 2.49. The van der Waals surface area contributed by atoms with Crippen LogP contribution in [0.5, 0.6) is 0 Å². The highest BCUT2D eigenvalue weighted by Gasteiger charge is 2.29. The third-order valence-electron chi connectivity index (χ3n) is 3.90. The van der Waals surface area contributed by atoms with Crippen LogP contribution in [0.3, 0.4) is 0 Å². The molecule has 0 aromatic rings. The van der Waals surface area contributed by atoms with E-state index in [-0.39, 0.29) is 7.01 Å². The summed E-state index contributed by atoms with van der Waals surface area (Å²) >= 11 is 0. The molecule has 0 amide bonds. The largest absolute Gasteiger partial charge is 0.418 e. The molecule has 0 aromatic heterocycles. The van der Waals surface area contributed by atoms with Gasteiger partial charge in [0.2, 0.25) is 7.17 Å². The van der Waals surface area contributed by atoms with Gasteiger partial charge < -0.3 is 9.31 Å². The van der Waals surface area contributed by atoms with E-state index in [9.17, 15) is 0 Å². The molecule has 1 rings (SSSR count). The van der Waals surface area contributed by atoms with Crippen LogP contribution < -0.4 is 0 Å². The molecule has 17 heavy (non-hydrogen) atoms. The third kappa shape index (κ3) is 3.36. The molecular weight excluding hydrogens is 226 g/mol. The summed E-state index contributed by atoms with van der Waals surface area (Å²) in [6.45, 7) is 12.2. The maximum atomic E-state index is 5.65. The molecule has 0 aliphatic heterocycles. The van der Waals surface area contributed by atoms with Crippen molar-refractivity contribution in [1.82, 2.24) is 0 Å². The number of rotatable bonds is 6. The summed E-state index contributed by atoms with van der Waals surface area (Å²) in [5, 5.41) is 0. The van der Waals surface area contributed by atoms with Gasteiger partial charge in [0, 0.05) is 23.5 Å². The molecule has 94 valence electrons. The zero-order chi connectivity index (χ0) is 13.0. The van der Waals surface area contributed by atoms with Gasteiger partial charge in [0.15, 0.2) is 0 Å². The van der Waals surface area contributed by atoms with Gasteiger partial charge in [-0.05, 0) is 45.7 Å². The van der Waals surface area contributed by atoms with Crippen LogP contribution in [-0.2, 0) is 9.31 Å². The lowest BCUT2D eigenvalue weighted by molar-refractivity contribution is 0.231. The van der Waals surface area contributed by atoms with E-state index in [4.69, 9.17) is 9.31 Å². The maximum Gasteiger partial charge on any atom is 0.407 e. The van der Waals surface area contributed by atoms with Crippen LogP contribution >= 0.6 is 0 Å². The lowest BCUT2D eigenvalue weighted by Crippen LogP contribution is -2.33. The first-order valence-electron chi connectivity index (χ1n) is 6.63. The summed E-state index contributed by atoms with van der Waals surface area (Å²) < 4.78 is 11.3. The molecule has 0 spiro atoms. The molecule has 0 bridgehead atoms. The van der Waals surface area contributed by atoms with Crippen molar-refractivity contribution in [3.8, 4) is 0 Å². The summed E-state index contributed by atoms with van der Waals surface area (Å²) in [6, 6.07) is 0. The molecule has 0 heterocycles. The van der Waals surface area contributed by atoms with Gasteiger partial charge in [0.1, 0.15) is 0 Å². The molecule has 1 aliphatic rings. The Labute approximate surface area is 110 Å². The summed E-state index contributed by atoms with van der Waals surface area (Å²) in [7, 11) is 2.05. The van der Waals surface area contributed by atoms with Crippen molar-refractivity contribution in [2.45, 2.75) is 40.2 Å². The van der Waals surface area contributed by atoms with Gasteiger partial charge in [0.05, 0.1) is 0 Å². The zero-order valence-corrected chi connectivity index (χ0v) is 14.1. The van der Waals surface area contributed by atoms with Crippen molar-refractivity contribution in [2.75, 3.05) is 13.2 Å². The molecule has 0 saturated carbocycles. The highest BCUT2D eigenvalue weighted by atomic mass is 28.1. The van der Waals surface area contributed by atoms with Crippen LogP contribution in [-0.4, -0.2) is 37.6 Å². The first-order valence-corrected chi connectivity index (χ1v) is 7.78. The molecular formula is C12H24B2O2Si. The highest BCUT2D eigenvalue weighted by Crippen LogP contribution is 2.38. The quantitative estimate of drug-likeness (QED) is 0.660. The average Bonchev–Trinajstić information content (AvgIpc) is 2.47. The minimum atomic E-state index is -0.0647. The fourth-order valence-corrected chi connectivity index (χ4v) is 3.60. The molecule has 5 heteroatoms. The van der Waals surface area contributed by atoms with E-state index in [1.165, 1.54) is 21.4 Å². The summed E-state index contributed by atoms with van der Waals surface area (Å²) in [5.74, 6) is 0. The topological polar surface area (TPSA) is 18.5 Å². The Bertz CT molecular complexity index is 333. The SMILES string of the molecule is CCOB(BC1=C(C)C(C)=C(C)C1[SiH3])OCC. The lowest BCUT2D eigenvalue weighted by atomic mass is 9.38. The van der Waals surface area contributed by atoms with Crippen LogP contribution in [0.25, 0.3) is 0 Å². The minimum absolute atomic E-state index is 0.0647. The van der Waals surface area contributed by atoms with Gasteiger partial charge in [-0.2, -0.15) is 0 Å². The molecule has 0 saturated heterocycles. The van der Waals surface area contributed by atoms with Gasteiger partial charge >= 0.3 is 7.01 Å². The van der Waals surface area contributed by atoms with Crippen molar-refractivity contribution in [3.63, 3.8) is 0 Å². The molecule has 0 aromatic carbocycles. The Kier molecular flexibility index (Phi) is 5.76. The number of allylic oxidation sites excluding steroid dienone is 4. The summed E-state index contributed by atoms with van der Waals surface area (Å²) in [6.07, 6.45) is 0. The normalized spacial score (nSPS) is 20.4. The monoisotopic (exact) mass is 250 g/mol. The van der Waals surface area contributed by atoms with E-state index in [1.807, 2.05) is 13.8 Å². The molecule has 0 fully saturated rings. The highest BCUT2D eigenvalue weighted by molar-refractivity contribution is 7.09. The second-order valence-electron chi connectivity index (χ2n) is 4.72. The van der Waals surface area contributed by atoms with Crippen LogP contribution in [0.4, 0.5) is 0 Å². The van der Waals surface area contributed by atoms with Crippen molar-refractivity contribution in [3.05, 3.63) is 22.2 Å². The first kappa shape index (κ1) is 14.8. The van der Waals surface area contributed by atoms with Gasteiger partial charge in [0.25, 0.3) is 0 Å². The Morgan fingerprint density at radius 2 is 1.65 bits per heavy atom. The molecule has 0 N–H and O–H groups in total. The summed E-state index contributed by atoms with van der Waals surface area (Å²) in [4.78, 5) is 0. The van der Waals surface area contributed by atoms with Crippen molar-refractivity contribution < 1.29 is 9.31 Å². The van der Waals surface area contributed by atoms with E-state index in [2.05, 4.69) is 20.8 Å². The van der Waals surface area contributed by atoms with Gasteiger partial charge in [-0.1, -0.05) is 11.1 Å². The Balaban J connectivity index is 2.74. The lowest BCUT2D eigenvalue weighted by Gasteiger charge is -2.17. The number of hydrogen-bond acceptors (Lipinski definition) is 2. The predicted octanol–water partition coefficient (Wildman–Crippen LogP) is 1.26. The van der Waals surface area contributed by atoms with E-state index < -0.39 is 0 Å². The molecule has 1 unspecified atom stereocenters. The first-order chi connectivity index (χ1) is 8.02. The van der Waals surface area contributed by atoms with Crippen LogP contribution in [0, 0.1) is 0 Å². The molecule has 0 radical (unpaired) electrons. The minimum Gasteiger partial charge on any atom is -0.418 e. The zero-order valence-electron chi connectivity index (χ0n) is 12.1. The smallest absolute Gasteiger partial charge is 0.407 e. The third-order valence-corrected chi connectivity index (χ3v) is 5.46. The average molecular weight is 250 g/mol. The molecule has 1 aliphatic carbocycles. The predicted molar refractivity (Wildman–Crippen MR) is 80.9 cm³/mol. The van der Waals surface area contributed by atoms with Gasteiger partial charge in [-0.3, -0.25) is 0 Å². The van der Waals surface area contributed by atoms with Crippen LogP contribution in [0.1, 0.15) is 34.6 Å². The van der Waals surface area contributed by atoms with Crippen molar-refractivity contribution in [2.24, 2.45) is 0 Å². The molecule has 1 atom stereocenters. The van der Waals surface area contributed by atoms with Crippen LogP contribution in [0.2, 0.25) is 5.54 Å². The maximum absolute atomic E-state index is 5.65. The fraction of sp³-hybridized carbons (Fsp3) is 0.667. The summed E-state index contributed by atoms with van der Waals surface area (Å²) in [5.41, 5.74) is 6.71. The van der Waals surface area contributed by atoms with Crippen molar-refractivity contribution in [1.29, 1.82) is 0 Å². The Hall–Kier alpha value is -0.253. The second-order valence-corrected chi connectivity index (χ2v) is 5.88. The Morgan fingerprint density at radius 1 is 1.12 bits per heavy atom. The van der Waals surface area contributed by atoms with E-state index in [0.29, 0.717) is 18.8 Å². The van der Waals surface area contributed by atoms with E-state index in [1.54, 1.807) is 11.0 Å². The standard InChI is InChI=1S/C12H24B2O2Si/c1-6-15-14(16-7-2)13-11-9(4)8(3)10(5)12(11)17/h12-13H,6-7H2,1-5,17H3. The second kappa shape index (κ2) is 6.62. The van der Waals surface area contributed by atoms with E-state index >= 15 is 0 Å². The Morgan fingerprint density at radius 3 is 2.00 bits per heavy atom. The number of hydrogen-bond donors (Lipinski definition) is 0.